The van der Waals surface area contributed by atoms with Crippen molar-refractivity contribution >= 4 is 27.5 Å². The molecule has 1 saturated heterocycles. The van der Waals surface area contributed by atoms with E-state index in [4.69, 9.17) is 11.6 Å². The maximum absolute atomic E-state index is 6.27. The number of hydrogen-bond acceptors (Lipinski definition) is 2. The van der Waals surface area contributed by atoms with Crippen LogP contribution in [-0.4, -0.2) is 31.6 Å². The summed E-state index contributed by atoms with van der Waals surface area (Å²) in [6.07, 6.45) is 2.58. The highest BCUT2D eigenvalue weighted by atomic mass is 79.9. The molecule has 0 radical (unpaired) electrons. The van der Waals surface area contributed by atoms with Crippen LogP contribution in [0.1, 0.15) is 31.4 Å². The molecule has 106 valence electrons. The number of likely N-dealkylation sites (tertiary alicyclic amines) is 1. The Morgan fingerprint density at radius 2 is 2.26 bits per heavy atom. The Balaban J connectivity index is 2.30. The van der Waals surface area contributed by atoms with Gasteiger partial charge in [0.1, 0.15) is 0 Å². The van der Waals surface area contributed by atoms with Crippen LogP contribution in [0.15, 0.2) is 22.7 Å². The number of halogens is 2. The standard InChI is InChI=1S/C15H22BrClN2/c1-3-19-8-4-5-12(10-18-2)15(19)11-6-7-13(16)14(17)9-11/h6-7,9,12,15,18H,3-5,8,10H2,1-2H3. The maximum Gasteiger partial charge on any atom is 0.0551 e. The minimum absolute atomic E-state index is 0.483. The minimum Gasteiger partial charge on any atom is -0.319 e. The van der Waals surface area contributed by atoms with E-state index in [0.29, 0.717) is 12.0 Å². The zero-order valence-electron chi connectivity index (χ0n) is 11.6. The Hall–Kier alpha value is -0.0900. The number of nitrogens with zero attached hydrogens (tertiary/aromatic N) is 1. The molecule has 2 rings (SSSR count). The van der Waals surface area contributed by atoms with Gasteiger partial charge in [-0.05, 0) is 79.1 Å². The molecule has 1 aliphatic heterocycles. The van der Waals surface area contributed by atoms with Gasteiger partial charge in [-0.15, -0.1) is 0 Å². The van der Waals surface area contributed by atoms with E-state index in [1.807, 2.05) is 7.05 Å². The fraction of sp³-hybridized carbons (Fsp3) is 0.600. The number of nitrogens with one attached hydrogen (secondary N) is 1. The lowest BCUT2D eigenvalue weighted by Crippen LogP contribution is -2.42. The molecule has 1 aliphatic rings. The zero-order valence-corrected chi connectivity index (χ0v) is 14.0. The van der Waals surface area contributed by atoms with Crippen molar-refractivity contribution in [3.63, 3.8) is 0 Å². The lowest BCUT2D eigenvalue weighted by atomic mass is 9.84. The van der Waals surface area contributed by atoms with E-state index in [-0.39, 0.29) is 0 Å². The molecule has 0 saturated carbocycles. The largest absolute Gasteiger partial charge is 0.319 e. The van der Waals surface area contributed by atoms with E-state index < -0.39 is 0 Å². The highest BCUT2D eigenvalue weighted by Gasteiger charge is 2.31. The molecule has 1 fully saturated rings. The molecule has 0 amide bonds. The van der Waals surface area contributed by atoms with Crippen LogP contribution < -0.4 is 5.32 Å². The number of rotatable bonds is 4. The summed E-state index contributed by atoms with van der Waals surface area (Å²) in [7, 11) is 2.04. The summed E-state index contributed by atoms with van der Waals surface area (Å²) in [5.41, 5.74) is 1.34. The molecule has 19 heavy (non-hydrogen) atoms. The molecule has 2 unspecified atom stereocenters. The van der Waals surface area contributed by atoms with E-state index in [1.165, 1.54) is 24.9 Å². The van der Waals surface area contributed by atoms with E-state index in [1.54, 1.807) is 0 Å². The van der Waals surface area contributed by atoms with Gasteiger partial charge in [-0.1, -0.05) is 24.6 Å². The summed E-state index contributed by atoms with van der Waals surface area (Å²) in [4.78, 5) is 2.57. The van der Waals surface area contributed by atoms with Crippen molar-refractivity contribution in [3.8, 4) is 0 Å². The van der Waals surface area contributed by atoms with Crippen LogP contribution in [0.25, 0.3) is 0 Å². The molecule has 4 heteroatoms. The first kappa shape index (κ1) is 15.3. The van der Waals surface area contributed by atoms with Crippen molar-refractivity contribution in [2.24, 2.45) is 5.92 Å². The molecule has 0 aromatic heterocycles. The second-order valence-electron chi connectivity index (χ2n) is 5.21. The fourth-order valence-electron chi connectivity index (χ4n) is 3.16. The average Bonchev–Trinajstić information content (AvgIpc) is 2.42. The number of piperidine rings is 1. The van der Waals surface area contributed by atoms with E-state index in [0.717, 1.165) is 22.6 Å². The summed E-state index contributed by atoms with van der Waals surface area (Å²) < 4.78 is 0.974. The highest BCUT2D eigenvalue weighted by Crippen LogP contribution is 2.37. The number of hydrogen-bond donors (Lipinski definition) is 1. The maximum atomic E-state index is 6.27. The van der Waals surface area contributed by atoms with Gasteiger partial charge < -0.3 is 5.32 Å². The third kappa shape index (κ3) is 3.52. The summed E-state index contributed by atoms with van der Waals surface area (Å²) >= 11 is 9.74. The van der Waals surface area contributed by atoms with Crippen LogP contribution in [0.3, 0.4) is 0 Å². The van der Waals surface area contributed by atoms with Gasteiger partial charge in [-0.2, -0.15) is 0 Å². The van der Waals surface area contributed by atoms with Gasteiger partial charge in [-0.3, -0.25) is 4.90 Å². The smallest absolute Gasteiger partial charge is 0.0551 e. The van der Waals surface area contributed by atoms with Gasteiger partial charge in [0.2, 0.25) is 0 Å². The van der Waals surface area contributed by atoms with E-state index >= 15 is 0 Å². The summed E-state index contributed by atoms with van der Waals surface area (Å²) in [6.45, 7) is 5.59. The van der Waals surface area contributed by atoms with Crippen LogP contribution in [0.5, 0.6) is 0 Å². The minimum atomic E-state index is 0.483. The normalized spacial score (nSPS) is 24.6. The average molecular weight is 346 g/mol. The second-order valence-corrected chi connectivity index (χ2v) is 6.47. The Labute approximate surface area is 129 Å². The van der Waals surface area contributed by atoms with Crippen LogP contribution in [0.4, 0.5) is 0 Å². The summed E-state index contributed by atoms with van der Waals surface area (Å²) in [5.74, 6) is 0.663. The van der Waals surface area contributed by atoms with Crippen LogP contribution in [0.2, 0.25) is 5.02 Å². The van der Waals surface area contributed by atoms with Crippen LogP contribution >= 0.6 is 27.5 Å². The van der Waals surface area contributed by atoms with Crippen molar-refractivity contribution in [2.75, 3.05) is 26.7 Å². The molecule has 2 atom stereocenters. The lowest BCUT2D eigenvalue weighted by molar-refractivity contribution is 0.0982. The topological polar surface area (TPSA) is 15.3 Å². The first-order chi connectivity index (χ1) is 9.17. The zero-order chi connectivity index (χ0) is 13.8. The second kappa shape index (κ2) is 7.07. The van der Waals surface area contributed by atoms with Crippen molar-refractivity contribution in [1.82, 2.24) is 10.2 Å². The molecular formula is C15H22BrClN2. The van der Waals surface area contributed by atoms with Gasteiger partial charge in [0, 0.05) is 10.5 Å². The third-order valence-corrected chi connectivity index (χ3v) is 5.25. The van der Waals surface area contributed by atoms with Gasteiger partial charge in [0.25, 0.3) is 0 Å². The number of benzene rings is 1. The third-order valence-electron chi connectivity index (χ3n) is 4.02. The molecule has 0 aliphatic carbocycles. The van der Waals surface area contributed by atoms with E-state index in [9.17, 15) is 0 Å². The summed E-state index contributed by atoms with van der Waals surface area (Å²) in [5, 5.41) is 4.15. The first-order valence-corrected chi connectivity index (χ1v) is 8.18. The van der Waals surface area contributed by atoms with Gasteiger partial charge in [0.15, 0.2) is 0 Å². The SMILES string of the molecule is CCN1CCCC(CNC)C1c1ccc(Br)c(Cl)c1. The van der Waals surface area contributed by atoms with Crippen LogP contribution in [0, 0.1) is 5.92 Å². The highest BCUT2D eigenvalue weighted by molar-refractivity contribution is 9.10. The first-order valence-electron chi connectivity index (χ1n) is 7.01. The molecule has 0 bridgehead atoms. The molecule has 2 nitrogen and oxygen atoms in total. The molecule has 1 aromatic carbocycles. The van der Waals surface area contributed by atoms with Gasteiger partial charge >= 0.3 is 0 Å². The predicted molar refractivity (Wildman–Crippen MR) is 85.8 cm³/mol. The summed E-state index contributed by atoms with van der Waals surface area (Å²) in [6, 6.07) is 6.87. The predicted octanol–water partition coefficient (Wildman–Crippen LogP) is 4.09. The molecule has 1 N–H and O–H groups in total. The molecular weight excluding hydrogens is 324 g/mol. The molecule has 1 heterocycles. The Kier molecular flexibility index (Phi) is 5.70. The quantitative estimate of drug-likeness (QED) is 0.884. The molecule has 0 spiro atoms. The van der Waals surface area contributed by atoms with Gasteiger partial charge in [-0.25, -0.2) is 0 Å². The van der Waals surface area contributed by atoms with Crippen molar-refractivity contribution in [3.05, 3.63) is 33.3 Å². The van der Waals surface area contributed by atoms with Crippen molar-refractivity contribution < 1.29 is 0 Å². The lowest BCUT2D eigenvalue weighted by Gasteiger charge is -2.41. The monoisotopic (exact) mass is 344 g/mol. The van der Waals surface area contributed by atoms with Crippen molar-refractivity contribution in [2.45, 2.75) is 25.8 Å². The van der Waals surface area contributed by atoms with E-state index in [2.05, 4.69) is 51.3 Å². The Morgan fingerprint density at radius 1 is 1.47 bits per heavy atom. The molecule has 1 aromatic rings. The van der Waals surface area contributed by atoms with Gasteiger partial charge in [0.05, 0.1) is 5.02 Å². The fourth-order valence-corrected chi connectivity index (χ4v) is 3.60. The Bertz CT molecular complexity index is 423. The van der Waals surface area contributed by atoms with Crippen molar-refractivity contribution in [1.29, 1.82) is 0 Å². The van der Waals surface area contributed by atoms with Crippen LogP contribution in [-0.2, 0) is 0 Å². The Morgan fingerprint density at radius 3 is 2.89 bits per heavy atom.